The average Bonchev–Trinajstić information content (AvgIpc) is 2.80. The van der Waals surface area contributed by atoms with Crippen LogP contribution in [0.1, 0.15) is 26.3 Å². The Morgan fingerprint density at radius 3 is 2.31 bits per heavy atom. The van der Waals surface area contributed by atoms with E-state index >= 15 is 0 Å². The lowest BCUT2D eigenvalue weighted by molar-refractivity contribution is -0.139. The summed E-state index contributed by atoms with van der Waals surface area (Å²) in [7, 11) is -3.88. The van der Waals surface area contributed by atoms with Crippen molar-refractivity contribution in [1.29, 1.82) is 0 Å². The summed E-state index contributed by atoms with van der Waals surface area (Å²) in [6, 6.07) is 8.41. The molecule has 1 aliphatic rings. The van der Waals surface area contributed by atoms with E-state index in [4.69, 9.17) is 32.7 Å². The van der Waals surface area contributed by atoms with Crippen molar-refractivity contribution < 1.29 is 27.5 Å². The van der Waals surface area contributed by atoms with Crippen molar-refractivity contribution in [2.24, 2.45) is 0 Å². The van der Waals surface area contributed by atoms with E-state index in [0.717, 1.165) is 10.6 Å². The van der Waals surface area contributed by atoms with E-state index < -0.39 is 28.5 Å². The van der Waals surface area contributed by atoms with Crippen molar-refractivity contribution in [3.8, 4) is 11.5 Å². The number of ether oxygens (including phenoxy) is 2. The third-order valence-electron chi connectivity index (χ3n) is 5.45. The number of halogens is 2. The number of nitrogens with zero attached hydrogens (tertiary/aromatic N) is 2. The summed E-state index contributed by atoms with van der Waals surface area (Å²) in [5.74, 6) is -0.0986. The fourth-order valence-electron chi connectivity index (χ4n) is 3.62. The number of hydrogen-bond acceptors (Lipinski definition) is 6. The van der Waals surface area contributed by atoms with Crippen molar-refractivity contribution in [3.05, 3.63) is 52.0 Å². The normalized spacial score (nSPS) is 13.8. The third kappa shape index (κ3) is 6.96. The van der Waals surface area contributed by atoms with Gasteiger partial charge in [-0.25, -0.2) is 8.42 Å². The summed E-state index contributed by atoms with van der Waals surface area (Å²) in [5, 5.41) is 3.54. The molecule has 12 heteroatoms. The van der Waals surface area contributed by atoms with Gasteiger partial charge in [-0.15, -0.1) is 0 Å². The van der Waals surface area contributed by atoms with Crippen molar-refractivity contribution >= 4 is 50.7 Å². The topological polar surface area (TPSA) is 105 Å². The fraction of sp³-hybridized carbons (Fsp3) is 0.417. The number of nitrogens with one attached hydrogen (secondary N) is 1. The second-order valence-corrected chi connectivity index (χ2v) is 11.4. The van der Waals surface area contributed by atoms with E-state index in [1.165, 1.54) is 23.1 Å². The van der Waals surface area contributed by atoms with Crippen LogP contribution >= 0.6 is 23.2 Å². The smallest absolute Gasteiger partial charge is 0.244 e. The van der Waals surface area contributed by atoms with Gasteiger partial charge in [0, 0.05) is 28.7 Å². The number of fused-ring (bicyclic) bond motifs is 1. The molecule has 0 saturated carbocycles. The summed E-state index contributed by atoms with van der Waals surface area (Å²) < 4.78 is 37.5. The number of carbonyl (C=O) groups is 2. The van der Waals surface area contributed by atoms with Crippen LogP contribution in [0.5, 0.6) is 11.5 Å². The minimum absolute atomic E-state index is 0.0275. The Balaban J connectivity index is 1.94. The van der Waals surface area contributed by atoms with E-state index in [2.05, 4.69) is 5.32 Å². The van der Waals surface area contributed by atoms with E-state index in [1.807, 2.05) is 0 Å². The van der Waals surface area contributed by atoms with Crippen molar-refractivity contribution in [3.63, 3.8) is 0 Å². The average molecular weight is 558 g/mol. The van der Waals surface area contributed by atoms with Gasteiger partial charge in [-0.1, -0.05) is 29.3 Å². The molecule has 0 aromatic heterocycles. The van der Waals surface area contributed by atoms with Crippen molar-refractivity contribution in [1.82, 2.24) is 10.2 Å². The molecular weight excluding hydrogens is 529 g/mol. The number of rotatable bonds is 9. The van der Waals surface area contributed by atoms with Crippen LogP contribution in [0.15, 0.2) is 36.4 Å². The first kappa shape index (κ1) is 27.9. The van der Waals surface area contributed by atoms with Crippen molar-refractivity contribution in [2.75, 3.05) is 30.3 Å². The predicted molar refractivity (Wildman–Crippen MR) is 139 cm³/mol. The molecule has 1 N–H and O–H groups in total. The van der Waals surface area contributed by atoms with Crippen LogP contribution in [0, 0.1) is 0 Å². The van der Waals surface area contributed by atoms with Gasteiger partial charge in [0.25, 0.3) is 0 Å². The summed E-state index contributed by atoms with van der Waals surface area (Å²) in [6.45, 7) is 5.34. The molecule has 1 unspecified atom stereocenters. The SMILES string of the molecule is CC(C)NC(=O)C(C)N(Cc1ccc(Cl)cc1Cl)C(=O)CN(c1ccc2c(c1)OCCO2)S(C)(=O)=O. The number of hydrogen-bond donors (Lipinski definition) is 1. The molecule has 0 radical (unpaired) electrons. The largest absolute Gasteiger partial charge is 0.486 e. The Kier molecular flexibility index (Phi) is 8.97. The molecule has 0 aliphatic carbocycles. The molecule has 1 aliphatic heterocycles. The maximum absolute atomic E-state index is 13.6. The van der Waals surface area contributed by atoms with Crippen LogP contribution in [0.25, 0.3) is 0 Å². The van der Waals surface area contributed by atoms with Crippen LogP contribution in [0.3, 0.4) is 0 Å². The molecule has 2 aromatic rings. The highest BCUT2D eigenvalue weighted by molar-refractivity contribution is 7.92. The molecule has 3 rings (SSSR count). The van der Waals surface area contributed by atoms with Crippen LogP contribution < -0.4 is 19.1 Å². The lowest BCUT2D eigenvalue weighted by Gasteiger charge is -2.32. The molecule has 2 aromatic carbocycles. The van der Waals surface area contributed by atoms with E-state index in [1.54, 1.807) is 39.0 Å². The van der Waals surface area contributed by atoms with Gasteiger partial charge in [0.1, 0.15) is 25.8 Å². The van der Waals surface area contributed by atoms with Crippen LogP contribution in [0.4, 0.5) is 5.69 Å². The highest BCUT2D eigenvalue weighted by Gasteiger charge is 2.31. The van der Waals surface area contributed by atoms with E-state index in [0.29, 0.717) is 40.3 Å². The first-order chi connectivity index (χ1) is 16.9. The molecule has 0 spiro atoms. The molecule has 2 amide bonds. The van der Waals surface area contributed by atoms with Gasteiger partial charge in [0.05, 0.1) is 11.9 Å². The summed E-state index contributed by atoms with van der Waals surface area (Å²) in [5.41, 5.74) is 0.794. The first-order valence-corrected chi connectivity index (χ1v) is 13.9. The minimum Gasteiger partial charge on any atom is -0.486 e. The Bertz CT molecular complexity index is 1240. The van der Waals surface area contributed by atoms with E-state index in [9.17, 15) is 18.0 Å². The lowest BCUT2D eigenvalue weighted by atomic mass is 10.1. The Hall–Kier alpha value is -2.69. The van der Waals surface area contributed by atoms with Crippen LogP contribution in [-0.2, 0) is 26.2 Å². The molecule has 1 atom stereocenters. The summed E-state index contributed by atoms with van der Waals surface area (Å²) >= 11 is 12.3. The zero-order chi connectivity index (χ0) is 26.6. The van der Waals surface area contributed by atoms with Gasteiger partial charge in [-0.05, 0) is 50.6 Å². The number of amides is 2. The monoisotopic (exact) mass is 557 g/mol. The molecular formula is C24H29Cl2N3O6S. The maximum Gasteiger partial charge on any atom is 0.244 e. The van der Waals surface area contributed by atoms with Crippen LogP contribution in [0.2, 0.25) is 10.0 Å². The predicted octanol–water partition coefficient (Wildman–Crippen LogP) is 3.47. The highest BCUT2D eigenvalue weighted by Crippen LogP contribution is 2.35. The summed E-state index contributed by atoms with van der Waals surface area (Å²) in [4.78, 5) is 27.7. The lowest BCUT2D eigenvalue weighted by Crippen LogP contribution is -2.52. The number of benzene rings is 2. The molecule has 196 valence electrons. The molecule has 1 heterocycles. The van der Waals surface area contributed by atoms with Gasteiger partial charge in [-0.2, -0.15) is 0 Å². The van der Waals surface area contributed by atoms with Crippen LogP contribution in [-0.4, -0.2) is 63.2 Å². The second kappa shape index (κ2) is 11.6. The molecule has 36 heavy (non-hydrogen) atoms. The number of sulfonamides is 1. The van der Waals surface area contributed by atoms with E-state index in [-0.39, 0.29) is 24.2 Å². The molecule has 9 nitrogen and oxygen atoms in total. The quantitative estimate of drug-likeness (QED) is 0.506. The second-order valence-electron chi connectivity index (χ2n) is 8.69. The number of anilines is 1. The van der Waals surface area contributed by atoms with Crippen molar-refractivity contribution in [2.45, 2.75) is 39.4 Å². The summed E-state index contributed by atoms with van der Waals surface area (Å²) in [6.07, 6.45) is 1.01. The minimum atomic E-state index is -3.88. The van der Waals surface area contributed by atoms with Gasteiger partial charge < -0.3 is 19.7 Å². The van der Waals surface area contributed by atoms with Gasteiger partial charge in [0.2, 0.25) is 21.8 Å². The molecule has 0 fully saturated rings. The Labute approximate surface area is 221 Å². The Morgan fingerprint density at radius 1 is 1.03 bits per heavy atom. The van der Waals surface area contributed by atoms with Gasteiger partial charge in [0.15, 0.2) is 11.5 Å². The fourth-order valence-corrected chi connectivity index (χ4v) is 4.93. The first-order valence-electron chi connectivity index (χ1n) is 11.3. The van der Waals surface area contributed by atoms with Gasteiger partial charge in [-0.3, -0.25) is 13.9 Å². The molecule has 0 saturated heterocycles. The number of carbonyl (C=O) groups excluding carboxylic acids is 2. The van der Waals surface area contributed by atoms with Gasteiger partial charge >= 0.3 is 0 Å². The zero-order valence-electron chi connectivity index (χ0n) is 20.5. The standard InChI is InChI=1S/C24H29Cl2N3O6S/c1-15(2)27-24(31)16(3)28(13-17-5-6-18(25)11-20(17)26)23(30)14-29(36(4,32)33)19-7-8-21-22(12-19)35-10-9-34-21/h5-8,11-12,15-16H,9-10,13-14H2,1-4H3,(H,27,31). The zero-order valence-corrected chi connectivity index (χ0v) is 22.8. The highest BCUT2D eigenvalue weighted by atomic mass is 35.5. The molecule has 0 bridgehead atoms. The Morgan fingerprint density at radius 2 is 1.69 bits per heavy atom. The third-order valence-corrected chi connectivity index (χ3v) is 7.17. The maximum atomic E-state index is 13.6.